The number of hydrogen-bond donors (Lipinski definition) is 0. The molecule has 7 heteroatoms. The van der Waals surface area contributed by atoms with Crippen molar-refractivity contribution in [3.8, 4) is 6.07 Å². The number of oxazole rings is 1. The van der Waals surface area contributed by atoms with Crippen LogP contribution >= 0.6 is 0 Å². The van der Waals surface area contributed by atoms with E-state index in [4.69, 9.17) is 13.9 Å². The average molecular weight is 428 g/mol. The van der Waals surface area contributed by atoms with Gasteiger partial charge in [-0.3, -0.25) is 9.47 Å². The van der Waals surface area contributed by atoms with Crippen molar-refractivity contribution in [1.29, 1.82) is 5.26 Å². The normalized spacial score (nSPS) is 25.7. The molecule has 0 N–H and O–H groups in total. The molecular formula is C24H33N3O4. The van der Waals surface area contributed by atoms with Gasteiger partial charge in [0.2, 0.25) is 0 Å². The number of fused-ring (bicyclic) bond motifs is 1. The highest BCUT2D eigenvalue weighted by atomic mass is 16.5. The second-order valence-corrected chi connectivity index (χ2v) is 9.26. The summed E-state index contributed by atoms with van der Waals surface area (Å²) in [6.07, 6.45) is 6.66. The molecule has 1 aromatic heterocycles. The zero-order chi connectivity index (χ0) is 22.0. The third kappa shape index (κ3) is 4.43. The van der Waals surface area contributed by atoms with Crippen molar-refractivity contribution in [3.05, 3.63) is 33.8 Å². The van der Waals surface area contributed by atoms with Crippen LogP contribution in [0.15, 0.2) is 21.3 Å². The van der Waals surface area contributed by atoms with E-state index < -0.39 is 0 Å². The minimum absolute atomic E-state index is 0.134. The van der Waals surface area contributed by atoms with Crippen LogP contribution in [0.3, 0.4) is 0 Å². The van der Waals surface area contributed by atoms with E-state index in [1.807, 2.05) is 17.6 Å². The quantitative estimate of drug-likeness (QED) is 0.653. The molecule has 0 unspecified atom stereocenters. The van der Waals surface area contributed by atoms with Crippen molar-refractivity contribution in [2.45, 2.75) is 70.1 Å². The van der Waals surface area contributed by atoms with E-state index in [0.717, 1.165) is 62.7 Å². The highest BCUT2D eigenvalue weighted by molar-refractivity contribution is 5.76. The fourth-order valence-corrected chi connectivity index (χ4v) is 5.31. The van der Waals surface area contributed by atoms with Gasteiger partial charge in [-0.1, -0.05) is 0 Å². The second-order valence-electron chi connectivity index (χ2n) is 9.26. The predicted octanol–water partition coefficient (Wildman–Crippen LogP) is 3.78. The molecule has 1 aliphatic carbocycles. The molecule has 4 rings (SSSR count). The molecule has 1 aromatic carbocycles. The zero-order valence-corrected chi connectivity index (χ0v) is 18.9. The molecule has 2 heterocycles. The molecule has 2 aromatic rings. The van der Waals surface area contributed by atoms with Gasteiger partial charge in [0, 0.05) is 37.8 Å². The molecule has 0 radical (unpaired) electrons. The predicted molar refractivity (Wildman–Crippen MR) is 118 cm³/mol. The highest BCUT2D eigenvalue weighted by Gasteiger charge is 2.38. The zero-order valence-electron chi connectivity index (χ0n) is 18.9. The standard InChI is InChI=1S/C24H33N3O4/c1-17-14-21-22(15-18(17)16-25)31-23(28)27(21)19-6-10-26(11-7-19)24(2)8-4-20(5-9-24)30-13-12-29-3/h14-15,19-20H,4-13H2,1-3H3/t20-,24-. The molecule has 1 aliphatic heterocycles. The first-order chi connectivity index (χ1) is 14.9. The highest BCUT2D eigenvalue weighted by Crippen LogP contribution is 2.38. The van der Waals surface area contributed by atoms with Gasteiger partial charge in [-0.2, -0.15) is 5.26 Å². The minimum atomic E-state index is -0.317. The first-order valence-corrected chi connectivity index (χ1v) is 11.4. The number of piperidine rings is 1. The van der Waals surface area contributed by atoms with E-state index in [-0.39, 0.29) is 17.3 Å². The number of nitriles is 1. The number of likely N-dealkylation sites (tertiary alicyclic amines) is 1. The van der Waals surface area contributed by atoms with Crippen LogP contribution in [0, 0.1) is 18.3 Å². The van der Waals surface area contributed by atoms with Gasteiger partial charge in [-0.05, 0) is 64.0 Å². The summed E-state index contributed by atoms with van der Waals surface area (Å²) >= 11 is 0. The first kappa shape index (κ1) is 22.1. The SMILES string of the molecule is COCCO[C@H]1CC[C@](C)(N2CCC(n3c(=O)oc4cc(C#N)c(C)cc43)CC2)CC1. The van der Waals surface area contributed by atoms with Crippen LogP contribution in [0.1, 0.15) is 62.6 Å². The number of aromatic nitrogens is 1. The summed E-state index contributed by atoms with van der Waals surface area (Å²) in [5.74, 6) is -0.317. The van der Waals surface area contributed by atoms with Crippen LogP contribution in [0.5, 0.6) is 0 Å². The number of aryl methyl sites for hydroxylation is 1. The van der Waals surface area contributed by atoms with Gasteiger partial charge >= 0.3 is 5.76 Å². The molecule has 0 bridgehead atoms. The van der Waals surface area contributed by atoms with Crippen molar-refractivity contribution >= 4 is 11.1 Å². The third-order valence-corrected chi connectivity index (χ3v) is 7.32. The van der Waals surface area contributed by atoms with E-state index in [2.05, 4.69) is 17.9 Å². The lowest BCUT2D eigenvalue weighted by Crippen LogP contribution is -2.53. The molecule has 1 saturated heterocycles. The lowest BCUT2D eigenvalue weighted by Gasteiger charge is -2.48. The van der Waals surface area contributed by atoms with Crippen LogP contribution < -0.4 is 5.76 Å². The molecule has 2 fully saturated rings. The Morgan fingerprint density at radius 1 is 1.19 bits per heavy atom. The van der Waals surface area contributed by atoms with Gasteiger partial charge < -0.3 is 13.9 Å². The monoisotopic (exact) mass is 427 g/mol. The van der Waals surface area contributed by atoms with Crippen LogP contribution in [-0.2, 0) is 9.47 Å². The van der Waals surface area contributed by atoms with Crippen LogP contribution in [0.4, 0.5) is 0 Å². The summed E-state index contributed by atoms with van der Waals surface area (Å²) in [6, 6.07) is 5.90. The summed E-state index contributed by atoms with van der Waals surface area (Å²) < 4.78 is 18.3. The maximum atomic E-state index is 12.6. The third-order valence-electron chi connectivity index (χ3n) is 7.32. The van der Waals surface area contributed by atoms with Crippen LogP contribution in [-0.4, -0.2) is 54.5 Å². The van der Waals surface area contributed by atoms with Gasteiger partial charge in [-0.25, -0.2) is 4.79 Å². The van der Waals surface area contributed by atoms with E-state index in [1.54, 1.807) is 13.2 Å². The molecule has 2 aliphatic rings. The lowest BCUT2D eigenvalue weighted by molar-refractivity contribution is -0.0419. The smallest absolute Gasteiger partial charge is 0.408 e. The fraction of sp³-hybridized carbons (Fsp3) is 0.667. The Balaban J connectivity index is 1.40. The minimum Gasteiger partial charge on any atom is -0.408 e. The number of benzene rings is 1. The average Bonchev–Trinajstić information content (AvgIpc) is 3.09. The number of nitrogens with zero attached hydrogens (tertiary/aromatic N) is 3. The number of methoxy groups -OCH3 is 1. The fourth-order valence-electron chi connectivity index (χ4n) is 5.31. The van der Waals surface area contributed by atoms with E-state index in [0.29, 0.717) is 30.5 Å². The molecule has 0 spiro atoms. The first-order valence-electron chi connectivity index (χ1n) is 11.4. The van der Waals surface area contributed by atoms with Crippen LogP contribution in [0.25, 0.3) is 11.1 Å². The second kappa shape index (κ2) is 9.15. The summed E-state index contributed by atoms with van der Waals surface area (Å²) in [5, 5.41) is 9.25. The van der Waals surface area contributed by atoms with E-state index in [1.165, 1.54) is 0 Å². The van der Waals surface area contributed by atoms with Gasteiger partial charge in [-0.15, -0.1) is 0 Å². The summed E-state index contributed by atoms with van der Waals surface area (Å²) in [4.78, 5) is 15.2. The maximum Gasteiger partial charge on any atom is 0.420 e. The van der Waals surface area contributed by atoms with Crippen molar-refractivity contribution in [2.75, 3.05) is 33.4 Å². The Kier molecular flexibility index (Phi) is 6.52. The molecule has 1 saturated carbocycles. The lowest BCUT2D eigenvalue weighted by atomic mass is 9.79. The molecule has 168 valence electrons. The van der Waals surface area contributed by atoms with Crippen molar-refractivity contribution in [2.24, 2.45) is 0 Å². The van der Waals surface area contributed by atoms with Gasteiger partial charge in [0.1, 0.15) is 0 Å². The number of rotatable bonds is 6. The van der Waals surface area contributed by atoms with Gasteiger partial charge in [0.25, 0.3) is 0 Å². The Labute approximate surface area is 183 Å². The van der Waals surface area contributed by atoms with Gasteiger partial charge in [0.05, 0.1) is 36.5 Å². The van der Waals surface area contributed by atoms with Gasteiger partial charge in [0.15, 0.2) is 5.58 Å². The molecule has 7 nitrogen and oxygen atoms in total. The summed E-state index contributed by atoms with van der Waals surface area (Å²) in [6.45, 7) is 7.56. The Morgan fingerprint density at radius 2 is 1.90 bits per heavy atom. The Morgan fingerprint density at radius 3 is 2.55 bits per heavy atom. The number of ether oxygens (including phenoxy) is 2. The van der Waals surface area contributed by atoms with E-state index >= 15 is 0 Å². The maximum absolute atomic E-state index is 12.6. The van der Waals surface area contributed by atoms with E-state index in [9.17, 15) is 10.1 Å². The Bertz CT molecular complexity index is 1000. The summed E-state index contributed by atoms with van der Waals surface area (Å²) in [7, 11) is 1.70. The molecule has 0 atom stereocenters. The topological polar surface area (TPSA) is 80.6 Å². The Hall–Kier alpha value is -2.14. The van der Waals surface area contributed by atoms with Crippen LogP contribution in [0.2, 0.25) is 0 Å². The molecule has 31 heavy (non-hydrogen) atoms. The van der Waals surface area contributed by atoms with Crippen molar-refractivity contribution < 1.29 is 13.9 Å². The molecular weight excluding hydrogens is 394 g/mol. The van der Waals surface area contributed by atoms with Crippen molar-refractivity contribution in [3.63, 3.8) is 0 Å². The number of hydrogen-bond acceptors (Lipinski definition) is 6. The summed E-state index contributed by atoms with van der Waals surface area (Å²) in [5.41, 5.74) is 2.94. The van der Waals surface area contributed by atoms with Crippen molar-refractivity contribution in [1.82, 2.24) is 9.47 Å². The largest absolute Gasteiger partial charge is 0.420 e. The molecule has 0 amide bonds.